The monoisotopic (exact) mass is 314 g/mol. The van der Waals surface area contributed by atoms with E-state index in [9.17, 15) is 19.7 Å². The van der Waals surface area contributed by atoms with Crippen molar-refractivity contribution in [2.45, 2.75) is 20.3 Å². The van der Waals surface area contributed by atoms with Crippen LogP contribution in [0, 0.1) is 15.5 Å². The molecule has 0 spiro atoms. The van der Waals surface area contributed by atoms with Crippen molar-refractivity contribution in [1.29, 1.82) is 0 Å². The molecule has 7 nitrogen and oxygen atoms in total. The van der Waals surface area contributed by atoms with Crippen molar-refractivity contribution in [1.82, 2.24) is 5.32 Å². The summed E-state index contributed by atoms with van der Waals surface area (Å²) < 4.78 is 0. The van der Waals surface area contributed by atoms with Gasteiger partial charge in [-0.3, -0.25) is 19.7 Å². The zero-order valence-corrected chi connectivity index (χ0v) is 12.3. The Kier molecular flexibility index (Phi) is 5.26. The number of nitrogens with zero attached hydrogens (tertiary/aromatic N) is 1. The second-order valence-corrected chi connectivity index (χ2v) is 5.23. The van der Waals surface area contributed by atoms with Crippen LogP contribution in [0.3, 0.4) is 0 Å². The van der Waals surface area contributed by atoms with Crippen LogP contribution in [0.15, 0.2) is 18.2 Å². The van der Waals surface area contributed by atoms with Gasteiger partial charge in [-0.2, -0.15) is 0 Å². The lowest BCUT2D eigenvalue weighted by molar-refractivity contribution is -0.384. The van der Waals surface area contributed by atoms with Crippen LogP contribution in [-0.2, 0) is 4.79 Å². The molecule has 2 N–H and O–H groups in total. The summed E-state index contributed by atoms with van der Waals surface area (Å²) >= 11 is 5.72. The van der Waals surface area contributed by atoms with Gasteiger partial charge in [-0.15, -0.1) is 0 Å². The number of rotatable bonds is 6. The SMILES string of the molecule is CCC(C)(CNC(=O)c1ccc([N+](=O)[O-])c(Cl)c1)C(=O)O. The minimum Gasteiger partial charge on any atom is -0.481 e. The molecule has 0 aliphatic rings. The summed E-state index contributed by atoms with van der Waals surface area (Å²) in [5.74, 6) is -1.54. The maximum Gasteiger partial charge on any atom is 0.311 e. The first kappa shape index (κ1) is 16.9. The molecule has 8 heteroatoms. The Hall–Kier alpha value is -2.15. The molecular weight excluding hydrogens is 300 g/mol. The maximum absolute atomic E-state index is 11.9. The van der Waals surface area contributed by atoms with E-state index in [1.54, 1.807) is 6.92 Å². The number of hydrogen-bond acceptors (Lipinski definition) is 4. The molecule has 0 saturated carbocycles. The van der Waals surface area contributed by atoms with Gasteiger partial charge in [0.2, 0.25) is 0 Å². The zero-order valence-electron chi connectivity index (χ0n) is 11.6. The molecule has 114 valence electrons. The van der Waals surface area contributed by atoms with Crippen LogP contribution in [0.1, 0.15) is 30.6 Å². The normalized spacial score (nSPS) is 13.3. The van der Waals surface area contributed by atoms with Crippen molar-refractivity contribution in [2.24, 2.45) is 5.41 Å². The number of hydrogen-bond donors (Lipinski definition) is 2. The fourth-order valence-corrected chi connectivity index (χ4v) is 1.78. The van der Waals surface area contributed by atoms with Crippen LogP contribution in [0.25, 0.3) is 0 Å². The third kappa shape index (κ3) is 3.91. The third-order valence-corrected chi connectivity index (χ3v) is 3.65. The predicted molar refractivity (Wildman–Crippen MR) is 76.5 cm³/mol. The van der Waals surface area contributed by atoms with Gasteiger partial charge in [0, 0.05) is 18.2 Å². The highest BCUT2D eigenvalue weighted by molar-refractivity contribution is 6.33. The number of halogens is 1. The van der Waals surface area contributed by atoms with Crippen LogP contribution < -0.4 is 5.32 Å². The number of benzene rings is 1. The van der Waals surface area contributed by atoms with E-state index in [0.717, 1.165) is 6.07 Å². The molecule has 0 heterocycles. The summed E-state index contributed by atoms with van der Waals surface area (Å²) in [6, 6.07) is 3.58. The number of aliphatic carboxylic acids is 1. The van der Waals surface area contributed by atoms with Gasteiger partial charge in [0.25, 0.3) is 11.6 Å². The van der Waals surface area contributed by atoms with Gasteiger partial charge in [-0.05, 0) is 25.5 Å². The molecule has 1 atom stereocenters. The average molecular weight is 315 g/mol. The van der Waals surface area contributed by atoms with Gasteiger partial charge < -0.3 is 10.4 Å². The highest BCUT2D eigenvalue weighted by atomic mass is 35.5. The predicted octanol–water partition coefficient (Wildman–Crippen LogP) is 2.48. The van der Waals surface area contributed by atoms with Crippen molar-refractivity contribution >= 4 is 29.2 Å². The van der Waals surface area contributed by atoms with Gasteiger partial charge >= 0.3 is 5.97 Å². The molecular formula is C13H15ClN2O5. The first-order valence-electron chi connectivity index (χ1n) is 6.17. The Bertz CT molecular complexity index is 590. The summed E-state index contributed by atoms with van der Waals surface area (Å²) in [5.41, 5.74) is -1.23. The molecule has 0 aliphatic carbocycles. The quantitative estimate of drug-likeness (QED) is 0.619. The molecule has 1 aromatic carbocycles. The average Bonchev–Trinajstić information content (AvgIpc) is 2.43. The molecule has 0 saturated heterocycles. The topological polar surface area (TPSA) is 110 Å². The molecule has 0 aliphatic heterocycles. The lowest BCUT2D eigenvalue weighted by Gasteiger charge is -2.23. The second-order valence-electron chi connectivity index (χ2n) is 4.83. The summed E-state index contributed by atoms with van der Waals surface area (Å²) in [4.78, 5) is 33.0. The first-order chi connectivity index (χ1) is 9.71. The Balaban J connectivity index is 2.84. The number of carbonyl (C=O) groups is 2. The van der Waals surface area contributed by atoms with Crippen molar-refractivity contribution in [3.63, 3.8) is 0 Å². The molecule has 1 unspecified atom stereocenters. The first-order valence-corrected chi connectivity index (χ1v) is 6.54. The Morgan fingerprint density at radius 3 is 2.52 bits per heavy atom. The van der Waals surface area contributed by atoms with E-state index < -0.39 is 22.2 Å². The smallest absolute Gasteiger partial charge is 0.311 e. The van der Waals surface area contributed by atoms with Crippen molar-refractivity contribution in [3.05, 3.63) is 38.9 Å². The van der Waals surface area contributed by atoms with Gasteiger partial charge in [-0.25, -0.2) is 0 Å². The van der Waals surface area contributed by atoms with Crippen LogP contribution in [0.4, 0.5) is 5.69 Å². The van der Waals surface area contributed by atoms with Crippen LogP contribution >= 0.6 is 11.6 Å². The third-order valence-electron chi connectivity index (χ3n) is 3.34. The largest absolute Gasteiger partial charge is 0.481 e. The lowest BCUT2D eigenvalue weighted by atomic mass is 9.87. The molecule has 0 radical (unpaired) electrons. The summed E-state index contributed by atoms with van der Waals surface area (Å²) in [5, 5.41) is 22.1. The molecule has 0 bridgehead atoms. The number of nitro groups is 1. The molecule has 1 amide bonds. The van der Waals surface area contributed by atoms with Crippen molar-refractivity contribution in [2.75, 3.05) is 6.54 Å². The number of carboxylic acids is 1. The summed E-state index contributed by atoms with van der Waals surface area (Å²) in [6.45, 7) is 3.19. The number of amides is 1. The minimum absolute atomic E-state index is 0.0493. The zero-order chi connectivity index (χ0) is 16.2. The van der Waals surface area contributed by atoms with Crippen molar-refractivity contribution < 1.29 is 19.6 Å². The lowest BCUT2D eigenvalue weighted by Crippen LogP contribution is -2.40. The van der Waals surface area contributed by atoms with Crippen LogP contribution in [0.2, 0.25) is 5.02 Å². The number of nitrogens with one attached hydrogen (secondary N) is 1. The minimum atomic E-state index is -1.07. The highest BCUT2D eigenvalue weighted by Crippen LogP contribution is 2.25. The van der Waals surface area contributed by atoms with Gasteiger partial charge in [0.15, 0.2) is 0 Å². The second kappa shape index (κ2) is 6.53. The Labute approximate surface area is 126 Å². The molecule has 21 heavy (non-hydrogen) atoms. The fraction of sp³-hybridized carbons (Fsp3) is 0.385. The number of carbonyl (C=O) groups excluding carboxylic acids is 1. The molecule has 1 aromatic rings. The number of nitro benzene ring substituents is 1. The van der Waals surface area contributed by atoms with Crippen LogP contribution in [-0.4, -0.2) is 28.5 Å². The Morgan fingerprint density at radius 2 is 2.10 bits per heavy atom. The molecule has 0 aromatic heterocycles. The molecule has 0 fully saturated rings. The summed E-state index contributed by atoms with van der Waals surface area (Å²) in [7, 11) is 0. The number of carboxylic acid groups (broad SMARTS) is 1. The van der Waals surface area contributed by atoms with Gasteiger partial charge in [0.1, 0.15) is 5.02 Å². The fourth-order valence-electron chi connectivity index (χ4n) is 1.53. The highest BCUT2D eigenvalue weighted by Gasteiger charge is 2.31. The van der Waals surface area contributed by atoms with Crippen molar-refractivity contribution in [3.8, 4) is 0 Å². The molecule has 1 rings (SSSR count). The summed E-state index contributed by atoms with van der Waals surface area (Å²) in [6.07, 6.45) is 0.351. The van der Waals surface area contributed by atoms with E-state index in [1.165, 1.54) is 19.1 Å². The van der Waals surface area contributed by atoms with Gasteiger partial charge in [0.05, 0.1) is 10.3 Å². The van der Waals surface area contributed by atoms with E-state index in [4.69, 9.17) is 16.7 Å². The van der Waals surface area contributed by atoms with E-state index >= 15 is 0 Å². The van der Waals surface area contributed by atoms with Crippen LogP contribution in [0.5, 0.6) is 0 Å². The van der Waals surface area contributed by atoms with E-state index in [0.29, 0.717) is 6.42 Å². The maximum atomic E-state index is 11.9. The van der Waals surface area contributed by atoms with E-state index in [1.807, 2.05) is 0 Å². The standard InChI is InChI=1S/C13H15ClN2O5/c1-3-13(2,12(18)19)7-15-11(17)8-4-5-10(16(20)21)9(14)6-8/h4-6H,3,7H2,1-2H3,(H,15,17)(H,18,19). The van der Waals surface area contributed by atoms with E-state index in [2.05, 4.69) is 5.32 Å². The van der Waals surface area contributed by atoms with Gasteiger partial charge in [-0.1, -0.05) is 18.5 Å². The van der Waals surface area contributed by atoms with E-state index in [-0.39, 0.29) is 22.8 Å². The Morgan fingerprint density at radius 1 is 1.48 bits per heavy atom.